The van der Waals surface area contributed by atoms with Gasteiger partial charge in [0.1, 0.15) is 12.2 Å². The quantitative estimate of drug-likeness (QED) is 0.311. The number of aliphatic hydroxyl groups excluding tert-OH is 1. The fraction of sp³-hybridized carbons (Fsp3) is 0.944. The Kier molecular flexibility index (Phi) is 7.92. The molecule has 1 heterocycles. The van der Waals surface area contributed by atoms with Gasteiger partial charge in [-0.05, 0) is 97.2 Å². The number of nitrogens with zero attached hydrogens (tertiary/aromatic N) is 1. The summed E-state index contributed by atoms with van der Waals surface area (Å²) in [6, 6.07) is 0. The molecule has 5 aliphatic carbocycles. The molecule has 1 aliphatic heterocycles. The predicted octanol–water partition coefficient (Wildman–Crippen LogP) is 6.77. The Bertz CT molecular complexity index is 1140. The lowest BCUT2D eigenvalue weighted by atomic mass is 9.41. The van der Waals surface area contributed by atoms with Crippen molar-refractivity contribution in [1.82, 2.24) is 4.90 Å². The molecule has 0 aromatic rings. The second-order valence-corrected chi connectivity index (χ2v) is 17.3. The smallest absolute Gasteiger partial charge is 0.410 e. The summed E-state index contributed by atoms with van der Waals surface area (Å²) in [6.07, 6.45) is 7.64. The lowest BCUT2D eigenvalue weighted by Crippen LogP contribution is -2.60. The van der Waals surface area contributed by atoms with Gasteiger partial charge in [-0.25, -0.2) is 9.59 Å². The third-order valence-electron chi connectivity index (χ3n) is 15.3. The van der Waals surface area contributed by atoms with Crippen molar-refractivity contribution < 1.29 is 28.9 Å². The number of carbonyl (C=O) groups is 2. The Labute approximate surface area is 265 Å². The second kappa shape index (κ2) is 10.7. The van der Waals surface area contributed by atoms with E-state index in [0.29, 0.717) is 17.8 Å². The maximum atomic E-state index is 12.9. The van der Waals surface area contributed by atoms with Crippen molar-refractivity contribution in [3.8, 4) is 0 Å². The van der Waals surface area contributed by atoms with E-state index in [0.717, 1.165) is 58.0 Å². The Morgan fingerprint density at radius 2 is 1.64 bits per heavy atom. The van der Waals surface area contributed by atoms with E-state index in [9.17, 15) is 14.7 Å². The fourth-order valence-corrected chi connectivity index (χ4v) is 12.5. The van der Waals surface area contributed by atoms with Crippen LogP contribution in [-0.2, 0) is 14.2 Å². The first-order valence-corrected chi connectivity index (χ1v) is 17.8. The molecule has 8 heteroatoms. The largest absolute Gasteiger partial charge is 0.446 e. The van der Waals surface area contributed by atoms with Crippen molar-refractivity contribution >= 4 is 12.2 Å². The number of primary amides is 1. The van der Waals surface area contributed by atoms with Gasteiger partial charge in [0.2, 0.25) is 0 Å². The molecule has 6 rings (SSSR count). The number of nitrogens with two attached hydrogens (primary N) is 1. The minimum atomic E-state index is -0.781. The summed E-state index contributed by atoms with van der Waals surface area (Å²) in [7, 11) is 0. The van der Waals surface area contributed by atoms with Crippen LogP contribution in [0.5, 0.6) is 0 Å². The van der Waals surface area contributed by atoms with E-state index < -0.39 is 18.3 Å². The maximum Gasteiger partial charge on any atom is 0.410 e. The Morgan fingerprint density at radius 3 is 2.23 bits per heavy atom. The lowest BCUT2D eigenvalue weighted by Gasteiger charge is -2.63. The van der Waals surface area contributed by atoms with Gasteiger partial charge < -0.3 is 30.0 Å². The molecule has 3 unspecified atom stereocenters. The summed E-state index contributed by atoms with van der Waals surface area (Å²) in [5.74, 6) is 1.62. The third-order valence-corrected chi connectivity index (χ3v) is 15.3. The van der Waals surface area contributed by atoms with Crippen LogP contribution in [0.25, 0.3) is 0 Å². The molecular weight excluding hydrogens is 556 g/mol. The van der Waals surface area contributed by atoms with Crippen LogP contribution in [0.15, 0.2) is 0 Å². The van der Waals surface area contributed by atoms with Gasteiger partial charge in [-0.1, -0.05) is 61.8 Å². The lowest BCUT2D eigenvalue weighted by molar-refractivity contribution is -0.184. The highest BCUT2D eigenvalue weighted by Gasteiger charge is 2.84. The SMILES string of the molecule is CC[C@@H](C)[C@H]1C(OC[C@H](OC(N)=O)C(C)C)[C@H](O)[C@@]2(C)C3CCC4C(C)(C)[C@@H](OC(=O)N5CCC5)CC[C@@]45C[C@@]35CC[C@]12C. The monoisotopic (exact) mass is 616 g/mol. The summed E-state index contributed by atoms with van der Waals surface area (Å²) in [6.45, 7) is 20.1. The van der Waals surface area contributed by atoms with Gasteiger partial charge in [0.15, 0.2) is 0 Å². The molecule has 44 heavy (non-hydrogen) atoms. The Balaban J connectivity index is 1.27. The first-order valence-electron chi connectivity index (χ1n) is 17.8. The van der Waals surface area contributed by atoms with E-state index in [2.05, 4.69) is 41.5 Å². The molecule has 250 valence electrons. The van der Waals surface area contributed by atoms with E-state index >= 15 is 0 Å². The standard InChI is InChI=1S/C36H60N2O6/c1-9-22(4)27-28(42-19-23(21(2)3)43-30(37)40)29(39)34(8)25-12-11-24-32(5,6)26(44-31(41)38-17-10-18-38)13-14-35(24)20-36(25,35)16-15-33(27,34)7/h21-29,39H,9-20H2,1-8H3,(H2,37,40)/t22-,23+,24?,25?,26+,27+,28?,29+,33-,34-,35-,36+/m1/s1. The zero-order valence-corrected chi connectivity index (χ0v) is 28.7. The van der Waals surface area contributed by atoms with Crippen molar-refractivity contribution in [3.05, 3.63) is 0 Å². The van der Waals surface area contributed by atoms with E-state index in [1.54, 1.807) is 0 Å². The molecule has 12 atom stereocenters. The molecule has 0 bridgehead atoms. The summed E-state index contributed by atoms with van der Waals surface area (Å²) in [5.41, 5.74) is 5.50. The van der Waals surface area contributed by atoms with Crippen LogP contribution in [-0.4, -0.2) is 66.3 Å². The van der Waals surface area contributed by atoms with Gasteiger partial charge in [-0.15, -0.1) is 0 Å². The van der Waals surface area contributed by atoms with E-state index in [1.165, 1.54) is 12.8 Å². The van der Waals surface area contributed by atoms with E-state index in [1.807, 2.05) is 18.7 Å². The number of likely N-dealkylation sites (tertiary alicyclic amines) is 1. The van der Waals surface area contributed by atoms with Gasteiger partial charge in [-0.3, -0.25) is 0 Å². The number of rotatable bonds is 8. The molecule has 6 fully saturated rings. The van der Waals surface area contributed by atoms with Crippen molar-refractivity contribution in [2.75, 3.05) is 19.7 Å². The number of hydrogen-bond donors (Lipinski definition) is 2. The van der Waals surface area contributed by atoms with Gasteiger partial charge in [0.05, 0.1) is 18.8 Å². The van der Waals surface area contributed by atoms with Gasteiger partial charge >= 0.3 is 12.2 Å². The van der Waals surface area contributed by atoms with Gasteiger partial charge in [0, 0.05) is 23.9 Å². The van der Waals surface area contributed by atoms with Crippen molar-refractivity contribution in [1.29, 1.82) is 0 Å². The van der Waals surface area contributed by atoms with Crippen molar-refractivity contribution in [2.45, 2.75) is 138 Å². The molecule has 5 saturated carbocycles. The number of amides is 2. The molecule has 0 radical (unpaired) electrons. The minimum absolute atomic E-state index is 0.0361. The first-order chi connectivity index (χ1) is 20.6. The average molecular weight is 617 g/mol. The van der Waals surface area contributed by atoms with Crippen LogP contribution < -0.4 is 5.73 Å². The number of hydrogen-bond acceptors (Lipinski definition) is 6. The molecule has 2 spiro atoms. The van der Waals surface area contributed by atoms with E-state index in [4.69, 9.17) is 19.9 Å². The Morgan fingerprint density at radius 1 is 0.977 bits per heavy atom. The molecule has 8 nitrogen and oxygen atoms in total. The topological polar surface area (TPSA) is 111 Å². The zero-order chi connectivity index (χ0) is 32.0. The number of aliphatic hydroxyl groups is 1. The average Bonchev–Trinajstić information content (AvgIpc) is 3.55. The first kappa shape index (κ1) is 32.4. The van der Waals surface area contributed by atoms with Crippen LogP contribution in [0.4, 0.5) is 9.59 Å². The van der Waals surface area contributed by atoms with Crippen molar-refractivity contribution in [3.63, 3.8) is 0 Å². The fourth-order valence-electron chi connectivity index (χ4n) is 12.5. The summed E-state index contributed by atoms with van der Waals surface area (Å²) >= 11 is 0. The number of carbonyl (C=O) groups excluding carboxylic acids is 2. The molecule has 2 amide bonds. The number of ether oxygens (including phenoxy) is 3. The molecule has 0 aromatic heterocycles. The minimum Gasteiger partial charge on any atom is -0.446 e. The molecule has 1 saturated heterocycles. The molecular formula is C36H60N2O6. The van der Waals surface area contributed by atoms with E-state index in [-0.39, 0.29) is 63.8 Å². The van der Waals surface area contributed by atoms with Crippen LogP contribution in [0.1, 0.15) is 113 Å². The van der Waals surface area contributed by atoms with Crippen LogP contribution >= 0.6 is 0 Å². The molecule has 0 aromatic carbocycles. The van der Waals surface area contributed by atoms with Crippen LogP contribution in [0.3, 0.4) is 0 Å². The molecule has 3 N–H and O–H groups in total. The summed E-state index contributed by atoms with van der Waals surface area (Å²) < 4.78 is 18.4. The third kappa shape index (κ3) is 4.27. The summed E-state index contributed by atoms with van der Waals surface area (Å²) in [4.78, 5) is 26.3. The van der Waals surface area contributed by atoms with Crippen molar-refractivity contribution in [2.24, 2.45) is 62.4 Å². The predicted molar refractivity (Wildman–Crippen MR) is 169 cm³/mol. The van der Waals surface area contributed by atoms with Crippen LogP contribution in [0.2, 0.25) is 0 Å². The maximum absolute atomic E-state index is 12.9. The zero-order valence-electron chi connectivity index (χ0n) is 28.7. The highest BCUT2D eigenvalue weighted by atomic mass is 16.6. The van der Waals surface area contributed by atoms with Gasteiger partial charge in [0.25, 0.3) is 0 Å². The van der Waals surface area contributed by atoms with Gasteiger partial charge in [-0.2, -0.15) is 0 Å². The normalized spacial score (nSPS) is 46.5. The van der Waals surface area contributed by atoms with Crippen LogP contribution in [0, 0.1) is 56.7 Å². The highest BCUT2D eigenvalue weighted by Crippen LogP contribution is 2.89. The second-order valence-electron chi connectivity index (χ2n) is 17.3. The Hall–Kier alpha value is -1.54. The highest BCUT2D eigenvalue weighted by molar-refractivity contribution is 5.68. The number of fused-ring (bicyclic) bond motifs is 2. The molecule has 6 aliphatic rings. The summed E-state index contributed by atoms with van der Waals surface area (Å²) in [5, 5.41) is 12.5.